The van der Waals surface area contributed by atoms with Gasteiger partial charge in [-0.3, -0.25) is 4.79 Å². The van der Waals surface area contributed by atoms with Gasteiger partial charge in [0.1, 0.15) is 0 Å². The first-order chi connectivity index (χ1) is 10.1. The van der Waals surface area contributed by atoms with Crippen LogP contribution in [0.25, 0.3) is 0 Å². The number of benzene rings is 1. The maximum absolute atomic E-state index is 12.6. The van der Waals surface area contributed by atoms with Crippen molar-refractivity contribution in [2.24, 2.45) is 0 Å². The lowest BCUT2D eigenvalue weighted by molar-refractivity contribution is -0.122. The van der Waals surface area contributed by atoms with E-state index in [9.17, 15) is 4.79 Å². The predicted molar refractivity (Wildman–Crippen MR) is 83.2 cm³/mol. The van der Waals surface area contributed by atoms with Gasteiger partial charge in [-0.15, -0.1) is 0 Å². The quantitative estimate of drug-likeness (QED) is 0.875. The Bertz CT molecular complexity index is 522. The molecule has 0 spiro atoms. The molecule has 2 rings (SSSR count). The van der Waals surface area contributed by atoms with E-state index in [1.165, 1.54) is 0 Å². The summed E-state index contributed by atoms with van der Waals surface area (Å²) in [6, 6.07) is 3.68. The molecule has 1 fully saturated rings. The zero-order valence-electron chi connectivity index (χ0n) is 13.2. The lowest BCUT2D eigenvalue weighted by Crippen LogP contribution is -2.50. The number of anilines is 1. The number of rotatable bonds is 5. The van der Waals surface area contributed by atoms with Crippen LogP contribution in [-0.4, -0.2) is 32.2 Å². The van der Waals surface area contributed by atoms with Gasteiger partial charge in [-0.05, 0) is 44.4 Å². The Morgan fingerprint density at radius 2 is 2.00 bits per heavy atom. The molecule has 1 aromatic carbocycles. The zero-order chi connectivity index (χ0) is 15.5. The Kier molecular flexibility index (Phi) is 4.73. The Labute approximate surface area is 126 Å². The fourth-order valence-electron chi connectivity index (χ4n) is 2.82. The second-order valence-corrected chi connectivity index (χ2v) is 5.44. The highest BCUT2D eigenvalue weighted by molar-refractivity contribution is 5.99. The van der Waals surface area contributed by atoms with Crippen LogP contribution >= 0.6 is 0 Å². The van der Waals surface area contributed by atoms with Gasteiger partial charge in [0.25, 0.3) is 0 Å². The molecule has 1 amide bonds. The molecule has 5 heteroatoms. The van der Waals surface area contributed by atoms with E-state index in [0.717, 1.165) is 37.1 Å². The molecule has 1 saturated heterocycles. The Hall–Kier alpha value is -1.75. The molecule has 1 atom stereocenters. The molecule has 0 bridgehead atoms. The van der Waals surface area contributed by atoms with E-state index in [4.69, 9.17) is 9.47 Å². The molecule has 0 aromatic heterocycles. The normalized spacial score (nSPS) is 21.1. The van der Waals surface area contributed by atoms with Crippen molar-refractivity contribution < 1.29 is 14.3 Å². The lowest BCUT2D eigenvalue weighted by Gasteiger charge is -2.27. The van der Waals surface area contributed by atoms with Crippen molar-refractivity contribution in [1.82, 2.24) is 5.32 Å². The molecule has 5 nitrogen and oxygen atoms in total. The minimum Gasteiger partial charge on any atom is -0.493 e. The fourth-order valence-corrected chi connectivity index (χ4v) is 2.82. The highest BCUT2D eigenvalue weighted by Crippen LogP contribution is 2.34. The molecule has 0 saturated carbocycles. The lowest BCUT2D eigenvalue weighted by atomic mass is 9.93. The molecule has 1 heterocycles. The van der Waals surface area contributed by atoms with Crippen molar-refractivity contribution in [3.63, 3.8) is 0 Å². The number of ether oxygens (including phenoxy) is 2. The molecular weight excluding hydrogens is 268 g/mol. The molecule has 21 heavy (non-hydrogen) atoms. The van der Waals surface area contributed by atoms with Crippen LogP contribution < -0.4 is 20.1 Å². The third-order valence-electron chi connectivity index (χ3n) is 4.26. The summed E-state index contributed by atoms with van der Waals surface area (Å²) in [5.41, 5.74) is 1.27. The zero-order valence-corrected chi connectivity index (χ0v) is 13.2. The minimum absolute atomic E-state index is 0.0258. The first-order valence-electron chi connectivity index (χ1n) is 7.35. The fraction of sp³-hybridized carbons (Fsp3) is 0.562. The van der Waals surface area contributed by atoms with Crippen LogP contribution in [0.3, 0.4) is 0 Å². The van der Waals surface area contributed by atoms with Crippen LogP contribution in [0.4, 0.5) is 5.69 Å². The number of aryl methyl sites for hydroxylation is 1. The molecule has 1 aromatic rings. The summed E-state index contributed by atoms with van der Waals surface area (Å²) in [6.45, 7) is 4.88. The van der Waals surface area contributed by atoms with Gasteiger partial charge in [0, 0.05) is 11.8 Å². The van der Waals surface area contributed by atoms with Crippen LogP contribution in [0.5, 0.6) is 11.5 Å². The summed E-state index contributed by atoms with van der Waals surface area (Å²) in [5, 5.41) is 6.38. The summed E-state index contributed by atoms with van der Waals surface area (Å²) in [5.74, 6) is 1.30. The number of nitrogens with one attached hydrogen (secondary N) is 2. The number of methoxy groups -OCH3 is 2. The van der Waals surface area contributed by atoms with Crippen molar-refractivity contribution in [2.45, 2.75) is 38.6 Å². The molecule has 1 aliphatic heterocycles. The van der Waals surface area contributed by atoms with Gasteiger partial charge in [0.15, 0.2) is 11.5 Å². The summed E-state index contributed by atoms with van der Waals surface area (Å²) < 4.78 is 10.6. The third-order valence-corrected chi connectivity index (χ3v) is 4.26. The number of amides is 1. The molecule has 1 unspecified atom stereocenters. The van der Waals surface area contributed by atoms with Crippen LogP contribution in [0.1, 0.15) is 31.7 Å². The summed E-state index contributed by atoms with van der Waals surface area (Å²) in [4.78, 5) is 12.6. The van der Waals surface area contributed by atoms with Crippen molar-refractivity contribution in [2.75, 3.05) is 26.1 Å². The first-order valence-corrected chi connectivity index (χ1v) is 7.35. The van der Waals surface area contributed by atoms with Gasteiger partial charge in [0.2, 0.25) is 5.91 Å². The molecule has 116 valence electrons. The third kappa shape index (κ3) is 2.97. The predicted octanol–water partition coefficient (Wildman–Crippen LogP) is 2.48. The molecule has 1 aliphatic rings. The Morgan fingerprint density at radius 1 is 1.33 bits per heavy atom. The van der Waals surface area contributed by atoms with E-state index in [1.807, 2.05) is 26.0 Å². The van der Waals surface area contributed by atoms with Crippen molar-refractivity contribution in [3.05, 3.63) is 17.7 Å². The van der Waals surface area contributed by atoms with Gasteiger partial charge >= 0.3 is 0 Å². The highest BCUT2D eigenvalue weighted by atomic mass is 16.5. The molecular formula is C16H24N2O3. The average molecular weight is 292 g/mol. The summed E-state index contributed by atoms with van der Waals surface area (Å²) in [6.07, 6.45) is 2.69. The van der Waals surface area contributed by atoms with Crippen LogP contribution in [0.2, 0.25) is 0 Å². The minimum atomic E-state index is -0.445. The number of hydrogen-bond donors (Lipinski definition) is 2. The number of carbonyl (C=O) groups excluding carboxylic acids is 1. The number of carbonyl (C=O) groups is 1. The molecule has 0 radical (unpaired) electrons. The standard InChI is InChI=1S/C16H24N2O3/c1-5-16(7-6-8-17-16)15(19)18-12-10-14(21-4)13(20-3)9-11(12)2/h9-10,17H,5-8H2,1-4H3,(H,18,19). The van der Waals surface area contributed by atoms with Crippen molar-refractivity contribution in [3.8, 4) is 11.5 Å². The van der Waals surface area contributed by atoms with Crippen LogP contribution in [0.15, 0.2) is 12.1 Å². The largest absolute Gasteiger partial charge is 0.493 e. The first kappa shape index (κ1) is 15.6. The Balaban J connectivity index is 2.24. The van der Waals surface area contributed by atoms with Crippen molar-refractivity contribution >= 4 is 11.6 Å². The van der Waals surface area contributed by atoms with Gasteiger partial charge in [-0.2, -0.15) is 0 Å². The van der Waals surface area contributed by atoms with Gasteiger partial charge < -0.3 is 20.1 Å². The second-order valence-electron chi connectivity index (χ2n) is 5.44. The van der Waals surface area contributed by atoms with Crippen LogP contribution in [0, 0.1) is 6.92 Å². The maximum Gasteiger partial charge on any atom is 0.244 e. The highest BCUT2D eigenvalue weighted by Gasteiger charge is 2.39. The summed E-state index contributed by atoms with van der Waals surface area (Å²) >= 11 is 0. The van der Waals surface area contributed by atoms with Gasteiger partial charge in [0.05, 0.1) is 19.8 Å². The maximum atomic E-state index is 12.6. The number of hydrogen-bond acceptors (Lipinski definition) is 4. The van der Waals surface area contributed by atoms with E-state index in [0.29, 0.717) is 11.5 Å². The van der Waals surface area contributed by atoms with E-state index < -0.39 is 5.54 Å². The van der Waals surface area contributed by atoms with Crippen LogP contribution in [-0.2, 0) is 4.79 Å². The smallest absolute Gasteiger partial charge is 0.244 e. The Morgan fingerprint density at radius 3 is 2.52 bits per heavy atom. The van der Waals surface area contributed by atoms with E-state index >= 15 is 0 Å². The van der Waals surface area contributed by atoms with Gasteiger partial charge in [-0.25, -0.2) is 0 Å². The average Bonchev–Trinajstić information content (AvgIpc) is 2.99. The topological polar surface area (TPSA) is 59.6 Å². The molecule has 2 N–H and O–H groups in total. The van der Waals surface area contributed by atoms with Gasteiger partial charge in [-0.1, -0.05) is 6.92 Å². The van der Waals surface area contributed by atoms with E-state index in [1.54, 1.807) is 14.2 Å². The summed E-state index contributed by atoms with van der Waals surface area (Å²) in [7, 11) is 3.19. The van der Waals surface area contributed by atoms with E-state index in [-0.39, 0.29) is 5.91 Å². The SMILES string of the molecule is CCC1(C(=O)Nc2cc(OC)c(OC)cc2C)CCCN1. The van der Waals surface area contributed by atoms with Crippen molar-refractivity contribution in [1.29, 1.82) is 0 Å². The second kappa shape index (κ2) is 6.35. The monoisotopic (exact) mass is 292 g/mol. The van der Waals surface area contributed by atoms with E-state index in [2.05, 4.69) is 10.6 Å². The molecule has 0 aliphatic carbocycles.